The van der Waals surface area contributed by atoms with Crippen molar-refractivity contribution in [2.75, 3.05) is 26.7 Å². The molecule has 1 fully saturated rings. The predicted molar refractivity (Wildman–Crippen MR) is 73.8 cm³/mol. The fourth-order valence-corrected chi connectivity index (χ4v) is 2.77. The summed E-state index contributed by atoms with van der Waals surface area (Å²) in [5, 5.41) is 0. The quantitative estimate of drug-likeness (QED) is 0.794. The summed E-state index contributed by atoms with van der Waals surface area (Å²) < 4.78 is 26.1. The van der Waals surface area contributed by atoms with Gasteiger partial charge in [0.05, 0.1) is 6.04 Å². The summed E-state index contributed by atoms with van der Waals surface area (Å²) in [4.78, 5) is 16.7. The summed E-state index contributed by atoms with van der Waals surface area (Å²) in [5.74, 6) is -2.07. The SMILES string of the molecule is CC1CN(C)CCN1C(C)C(=O)c1ccc(F)c(F)c1. The van der Waals surface area contributed by atoms with Crippen LogP contribution in [0.2, 0.25) is 0 Å². The minimum atomic E-state index is -0.977. The fraction of sp³-hybridized carbons (Fsp3) is 0.533. The smallest absolute Gasteiger partial charge is 0.179 e. The Bertz CT molecular complexity index is 507. The normalized spacial score (nSPS) is 22.8. The Hall–Kier alpha value is -1.33. The highest BCUT2D eigenvalue weighted by Gasteiger charge is 2.30. The van der Waals surface area contributed by atoms with Crippen molar-refractivity contribution < 1.29 is 13.6 Å². The van der Waals surface area contributed by atoms with Crippen molar-refractivity contribution >= 4 is 5.78 Å². The van der Waals surface area contributed by atoms with Crippen molar-refractivity contribution in [3.05, 3.63) is 35.4 Å². The van der Waals surface area contributed by atoms with Crippen molar-refractivity contribution in [1.82, 2.24) is 9.80 Å². The molecule has 2 atom stereocenters. The van der Waals surface area contributed by atoms with Gasteiger partial charge in [0.2, 0.25) is 0 Å². The highest BCUT2D eigenvalue weighted by Crippen LogP contribution is 2.17. The Morgan fingerprint density at radius 2 is 2.00 bits per heavy atom. The van der Waals surface area contributed by atoms with E-state index in [1.54, 1.807) is 0 Å². The molecule has 2 unspecified atom stereocenters. The van der Waals surface area contributed by atoms with E-state index in [-0.39, 0.29) is 23.4 Å². The van der Waals surface area contributed by atoms with Gasteiger partial charge in [0, 0.05) is 31.2 Å². The molecular weight excluding hydrogens is 262 g/mol. The van der Waals surface area contributed by atoms with Crippen molar-refractivity contribution in [2.45, 2.75) is 25.9 Å². The lowest BCUT2D eigenvalue weighted by Gasteiger charge is -2.41. The highest BCUT2D eigenvalue weighted by atomic mass is 19.2. The standard InChI is InChI=1S/C15H20F2N2O/c1-10-9-18(3)6-7-19(10)11(2)15(20)12-4-5-13(16)14(17)8-12/h4-5,8,10-11H,6-7,9H2,1-3H3. The number of carbonyl (C=O) groups is 1. The van der Waals surface area contributed by atoms with E-state index in [9.17, 15) is 13.6 Å². The van der Waals surface area contributed by atoms with Crippen LogP contribution in [0.3, 0.4) is 0 Å². The maximum atomic E-state index is 13.2. The minimum absolute atomic E-state index is 0.166. The number of halogens is 2. The molecule has 1 aromatic carbocycles. The largest absolute Gasteiger partial charge is 0.304 e. The van der Waals surface area contributed by atoms with Crippen LogP contribution < -0.4 is 0 Å². The maximum Gasteiger partial charge on any atom is 0.179 e. The average Bonchev–Trinajstić information content (AvgIpc) is 2.40. The van der Waals surface area contributed by atoms with Gasteiger partial charge in [-0.3, -0.25) is 9.69 Å². The molecule has 0 aliphatic carbocycles. The number of carbonyl (C=O) groups excluding carboxylic acids is 1. The zero-order chi connectivity index (χ0) is 14.9. The van der Waals surface area contributed by atoms with E-state index in [0.29, 0.717) is 0 Å². The zero-order valence-corrected chi connectivity index (χ0v) is 12.1. The summed E-state index contributed by atoms with van der Waals surface area (Å²) in [6, 6.07) is 3.26. The van der Waals surface area contributed by atoms with E-state index in [4.69, 9.17) is 0 Å². The first kappa shape index (κ1) is 15.1. The highest BCUT2D eigenvalue weighted by molar-refractivity contribution is 5.99. The Kier molecular flexibility index (Phi) is 4.50. The summed E-state index contributed by atoms with van der Waals surface area (Å²) >= 11 is 0. The van der Waals surface area contributed by atoms with Gasteiger partial charge in [0.15, 0.2) is 17.4 Å². The van der Waals surface area contributed by atoms with Crippen LogP contribution in [0.1, 0.15) is 24.2 Å². The van der Waals surface area contributed by atoms with Gasteiger partial charge < -0.3 is 4.90 Å². The lowest BCUT2D eigenvalue weighted by molar-refractivity contribution is 0.0536. The van der Waals surface area contributed by atoms with Crippen LogP contribution in [-0.2, 0) is 0 Å². The van der Waals surface area contributed by atoms with Gasteiger partial charge in [-0.1, -0.05) is 0 Å². The van der Waals surface area contributed by atoms with Crippen molar-refractivity contribution in [2.24, 2.45) is 0 Å². The topological polar surface area (TPSA) is 23.6 Å². The second-order valence-electron chi connectivity index (χ2n) is 5.52. The molecule has 20 heavy (non-hydrogen) atoms. The Labute approximate surface area is 118 Å². The van der Waals surface area contributed by atoms with Crippen molar-refractivity contribution in [3.63, 3.8) is 0 Å². The Morgan fingerprint density at radius 3 is 2.60 bits per heavy atom. The Morgan fingerprint density at radius 1 is 1.30 bits per heavy atom. The van der Waals surface area contributed by atoms with Crippen LogP contribution >= 0.6 is 0 Å². The van der Waals surface area contributed by atoms with Gasteiger partial charge in [-0.2, -0.15) is 0 Å². The van der Waals surface area contributed by atoms with E-state index >= 15 is 0 Å². The molecule has 0 bridgehead atoms. The predicted octanol–water partition coefficient (Wildman–Crippen LogP) is 2.17. The second-order valence-corrected chi connectivity index (χ2v) is 5.52. The summed E-state index contributed by atoms with van der Waals surface area (Å²) in [5.41, 5.74) is 0.225. The first-order valence-corrected chi connectivity index (χ1v) is 6.83. The number of hydrogen-bond donors (Lipinski definition) is 0. The lowest BCUT2D eigenvalue weighted by atomic mass is 10.0. The lowest BCUT2D eigenvalue weighted by Crippen LogP contribution is -2.55. The molecule has 110 valence electrons. The number of ketones is 1. The van der Waals surface area contributed by atoms with Crippen LogP contribution in [0.15, 0.2) is 18.2 Å². The molecule has 1 saturated heterocycles. The number of rotatable bonds is 3. The van der Waals surface area contributed by atoms with Crippen LogP contribution in [0, 0.1) is 11.6 Å². The van der Waals surface area contributed by atoms with Crippen molar-refractivity contribution in [3.8, 4) is 0 Å². The monoisotopic (exact) mass is 282 g/mol. The van der Waals surface area contributed by atoms with Crippen LogP contribution in [0.25, 0.3) is 0 Å². The molecule has 1 aliphatic heterocycles. The molecule has 1 aromatic rings. The number of piperazine rings is 1. The van der Waals surface area contributed by atoms with E-state index in [2.05, 4.69) is 23.8 Å². The second kappa shape index (κ2) is 5.97. The molecule has 5 heteroatoms. The number of benzene rings is 1. The van der Waals surface area contributed by atoms with E-state index in [1.807, 2.05) is 6.92 Å². The van der Waals surface area contributed by atoms with E-state index in [1.165, 1.54) is 6.07 Å². The van der Waals surface area contributed by atoms with Crippen molar-refractivity contribution in [1.29, 1.82) is 0 Å². The first-order valence-electron chi connectivity index (χ1n) is 6.83. The van der Waals surface area contributed by atoms with Crippen LogP contribution in [-0.4, -0.2) is 54.3 Å². The summed E-state index contributed by atoms with van der Waals surface area (Å²) in [7, 11) is 2.05. The number of Topliss-reactive ketones (excluding diaryl/α,β-unsaturated/α-hetero) is 1. The molecule has 0 N–H and O–H groups in total. The molecule has 1 aliphatic rings. The molecule has 0 saturated carbocycles. The van der Waals surface area contributed by atoms with Gasteiger partial charge in [-0.05, 0) is 39.1 Å². The number of hydrogen-bond acceptors (Lipinski definition) is 3. The third-order valence-corrected chi connectivity index (χ3v) is 3.96. The third-order valence-electron chi connectivity index (χ3n) is 3.96. The molecule has 0 aromatic heterocycles. The van der Waals surface area contributed by atoms with Gasteiger partial charge in [-0.25, -0.2) is 8.78 Å². The van der Waals surface area contributed by atoms with Gasteiger partial charge in [0.25, 0.3) is 0 Å². The van der Waals surface area contributed by atoms with E-state index in [0.717, 1.165) is 31.8 Å². The first-order chi connectivity index (χ1) is 9.40. The molecule has 0 spiro atoms. The Balaban J connectivity index is 2.13. The fourth-order valence-electron chi connectivity index (χ4n) is 2.77. The van der Waals surface area contributed by atoms with Gasteiger partial charge in [0.1, 0.15) is 0 Å². The summed E-state index contributed by atoms with van der Waals surface area (Å²) in [6.07, 6.45) is 0. The van der Waals surface area contributed by atoms with Gasteiger partial charge >= 0.3 is 0 Å². The molecule has 1 heterocycles. The van der Waals surface area contributed by atoms with Crippen LogP contribution in [0.5, 0.6) is 0 Å². The molecular formula is C15H20F2N2O. The molecule has 3 nitrogen and oxygen atoms in total. The average molecular weight is 282 g/mol. The third kappa shape index (κ3) is 3.04. The zero-order valence-electron chi connectivity index (χ0n) is 12.1. The van der Waals surface area contributed by atoms with Crippen LogP contribution in [0.4, 0.5) is 8.78 Å². The van der Waals surface area contributed by atoms with Gasteiger partial charge in [-0.15, -0.1) is 0 Å². The maximum absolute atomic E-state index is 13.2. The number of nitrogens with zero attached hydrogens (tertiary/aromatic N) is 2. The molecule has 2 rings (SSSR count). The minimum Gasteiger partial charge on any atom is -0.304 e. The molecule has 0 radical (unpaired) electrons. The van der Waals surface area contributed by atoms with E-state index < -0.39 is 11.6 Å². The number of likely N-dealkylation sites (N-methyl/N-ethyl adjacent to an activating group) is 1. The molecule has 0 amide bonds. The summed E-state index contributed by atoms with van der Waals surface area (Å²) in [6.45, 7) is 6.50.